The maximum atomic E-state index is 3.74. The fraction of sp³-hybridized carbons (Fsp3) is 0.429. The summed E-state index contributed by atoms with van der Waals surface area (Å²) in [5.41, 5.74) is 2.54. The van der Waals surface area contributed by atoms with Gasteiger partial charge in [-0.2, -0.15) is 0 Å². The van der Waals surface area contributed by atoms with Crippen molar-refractivity contribution in [2.75, 3.05) is 5.32 Å². The molecule has 0 bridgehead atoms. The van der Waals surface area contributed by atoms with Crippen LogP contribution in [-0.4, -0.2) is 6.04 Å². The second-order valence-corrected chi connectivity index (χ2v) is 3.85. The van der Waals surface area contributed by atoms with Gasteiger partial charge in [-0.1, -0.05) is 32.1 Å². The molecule has 1 N–H and O–H groups in total. The van der Waals surface area contributed by atoms with Crippen LogP contribution in [0.2, 0.25) is 0 Å². The Morgan fingerprint density at radius 2 is 1.80 bits per heavy atom. The lowest BCUT2D eigenvalue weighted by molar-refractivity contribution is 0.672. The van der Waals surface area contributed by atoms with Crippen LogP contribution in [0.25, 0.3) is 0 Å². The molecule has 1 nitrogen and oxygen atoms in total. The maximum absolute atomic E-state index is 3.74. The zero-order valence-electron chi connectivity index (χ0n) is 9.79. The molecule has 15 heavy (non-hydrogen) atoms. The van der Waals surface area contributed by atoms with Crippen molar-refractivity contribution in [2.24, 2.45) is 0 Å². The lowest BCUT2D eigenvalue weighted by Gasteiger charge is -2.16. The zero-order chi connectivity index (χ0) is 11.1. The minimum atomic E-state index is 0.593. The topological polar surface area (TPSA) is 12.0 Å². The maximum Gasteiger partial charge on any atom is 0.0342 e. The third kappa shape index (κ3) is 3.78. The van der Waals surface area contributed by atoms with Crippen LogP contribution in [0.5, 0.6) is 0 Å². The van der Waals surface area contributed by atoms with Gasteiger partial charge in [0, 0.05) is 11.7 Å². The summed E-state index contributed by atoms with van der Waals surface area (Å²) >= 11 is 0. The number of nitrogens with one attached hydrogen (secondary N) is 1. The molecule has 0 aliphatic carbocycles. The van der Waals surface area contributed by atoms with E-state index in [0.29, 0.717) is 6.04 Å². The highest BCUT2D eigenvalue weighted by Crippen LogP contribution is 2.13. The third-order valence-electron chi connectivity index (χ3n) is 2.69. The quantitative estimate of drug-likeness (QED) is 0.689. The van der Waals surface area contributed by atoms with E-state index in [0.717, 1.165) is 6.42 Å². The molecule has 1 rings (SSSR count). The first-order valence-electron chi connectivity index (χ1n) is 5.76. The molecule has 0 atom stereocenters. The molecule has 0 fully saturated rings. The number of rotatable bonds is 6. The molecule has 0 aliphatic rings. The van der Waals surface area contributed by atoms with Gasteiger partial charge in [0.2, 0.25) is 0 Å². The molecule has 1 aromatic rings. The summed E-state index contributed by atoms with van der Waals surface area (Å²) in [6.07, 6.45) is 5.23. The van der Waals surface area contributed by atoms with E-state index < -0.39 is 0 Å². The summed E-state index contributed by atoms with van der Waals surface area (Å²) in [4.78, 5) is 0. The summed E-state index contributed by atoms with van der Waals surface area (Å²) in [6.45, 7) is 8.17. The van der Waals surface area contributed by atoms with Gasteiger partial charge >= 0.3 is 0 Å². The van der Waals surface area contributed by atoms with Crippen LogP contribution in [0.3, 0.4) is 0 Å². The zero-order valence-corrected chi connectivity index (χ0v) is 9.79. The molecular weight excluding hydrogens is 182 g/mol. The summed E-state index contributed by atoms with van der Waals surface area (Å²) in [5, 5.41) is 3.52. The fourth-order valence-corrected chi connectivity index (χ4v) is 1.63. The van der Waals surface area contributed by atoms with E-state index in [2.05, 4.69) is 50.0 Å². The van der Waals surface area contributed by atoms with Crippen molar-refractivity contribution in [1.82, 2.24) is 0 Å². The van der Waals surface area contributed by atoms with Crippen molar-refractivity contribution in [3.05, 3.63) is 42.5 Å². The molecule has 0 saturated carbocycles. The molecule has 1 heteroatoms. The van der Waals surface area contributed by atoms with Gasteiger partial charge in [0.1, 0.15) is 0 Å². The smallest absolute Gasteiger partial charge is 0.0342 e. The molecule has 1 aromatic carbocycles. The highest BCUT2D eigenvalue weighted by molar-refractivity contribution is 5.45. The highest BCUT2D eigenvalue weighted by atomic mass is 14.9. The average Bonchev–Trinajstić information content (AvgIpc) is 2.28. The molecular formula is C14H21N. The Labute approximate surface area is 93.2 Å². The number of benzene rings is 1. The van der Waals surface area contributed by atoms with E-state index in [1.165, 1.54) is 24.1 Å². The minimum Gasteiger partial charge on any atom is -0.382 e. The standard InChI is InChI=1S/C14H21N/c1-4-7-12-8-10-14(11-9-12)15-13(5-2)6-3/h4,8-11,13,15H,1,5-7H2,2-3H3. The molecule has 0 aromatic heterocycles. The predicted molar refractivity (Wildman–Crippen MR) is 68.3 cm³/mol. The van der Waals surface area contributed by atoms with Gasteiger partial charge in [-0.05, 0) is 37.0 Å². The van der Waals surface area contributed by atoms with E-state index in [1.54, 1.807) is 0 Å². The molecule has 0 aliphatic heterocycles. The first kappa shape index (κ1) is 11.8. The van der Waals surface area contributed by atoms with Crippen molar-refractivity contribution in [3.8, 4) is 0 Å². The van der Waals surface area contributed by atoms with Gasteiger partial charge in [0.05, 0.1) is 0 Å². The summed E-state index contributed by atoms with van der Waals surface area (Å²) in [6, 6.07) is 9.21. The van der Waals surface area contributed by atoms with Crippen molar-refractivity contribution in [3.63, 3.8) is 0 Å². The first-order valence-corrected chi connectivity index (χ1v) is 5.76. The SMILES string of the molecule is C=CCc1ccc(NC(CC)CC)cc1. The Balaban J connectivity index is 2.59. The second-order valence-electron chi connectivity index (χ2n) is 3.85. The van der Waals surface area contributed by atoms with E-state index in [1.807, 2.05) is 6.08 Å². The van der Waals surface area contributed by atoms with Crippen LogP contribution < -0.4 is 5.32 Å². The summed E-state index contributed by atoms with van der Waals surface area (Å²) < 4.78 is 0. The van der Waals surface area contributed by atoms with E-state index >= 15 is 0 Å². The number of allylic oxidation sites excluding steroid dienone is 1. The van der Waals surface area contributed by atoms with Crippen molar-refractivity contribution in [2.45, 2.75) is 39.2 Å². The third-order valence-corrected chi connectivity index (χ3v) is 2.69. The number of hydrogen-bond acceptors (Lipinski definition) is 1. The molecule has 0 saturated heterocycles. The van der Waals surface area contributed by atoms with E-state index in [-0.39, 0.29) is 0 Å². The molecule has 0 amide bonds. The van der Waals surface area contributed by atoms with Gasteiger partial charge in [0.25, 0.3) is 0 Å². The average molecular weight is 203 g/mol. The Morgan fingerprint density at radius 3 is 2.27 bits per heavy atom. The van der Waals surface area contributed by atoms with Gasteiger partial charge in [-0.15, -0.1) is 6.58 Å². The Bertz CT molecular complexity index is 283. The van der Waals surface area contributed by atoms with Crippen LogP contribution in [0.4, 0.5) is 5.69 Å². The number of anilines is 1. The van der Waals surface area contributed by atoms with Gasteiger partial charge in [-0.25, -0.2) is 0 Å². The minimum absolute atomic E-state index is 0.593. The normalized spacial score (nSPS) is 10.3. The van der Waals surface area contributed by atoms with Gasteiger partial charge in [0.15, 0.2) is 0 Å². The van der Waals surface area contributed by atoms with Crippen molar-refractivity contribution in [1.29, 1.82) is 0 Å². The molecule has 0 spiro atoms. The van der Waals surface area contributed by atoms with Gasteiger partial charge in [-0.3, -0.25) is 0 Å². The van der Waals surface area contributed by atoms with Crippen molar-refractivity contribution < 1.29 is 0 Å². The lowest BCUT2D eigenvalue weighted by atomic mass is 10.1. The Kier molecular flexibility index (Phi) is 4.96. The van der Waals surface area contributed by atoms with Crippen LogP contribution in [0.1, 0.15) is 32.3 Å². The molecule has 0 unspecified atom stereocenters. The predicted octanol–water partition coefficient (Wildman–Crippen LogP) is 4.02. The highest BCUT2D eigenvalue weighted by Gasteiger charge is 2.01. The molecule has 0 radical (unpaired) electrons. The van der Waals surface area contributed by atoms with Gasteiger partial charge < -0.3 is 5.32 Å². The monoisotopic (exact) mass is 203 g/mol. The Morgan fingerprint density at radius 1 is 1.20 bits per heavy atom. The molecule has 0 heterocycles. The Hall–Kier alpha value is -1.24. The number of hydrogen-bond donors (Lipinski definition) is 1. The van der Waals surface area contributed by atoms with E-state index in [4.69, 9.17) is 0 Å². The lowest BCUT2D eigenvalue weighted by Crippen LogP contribution is -2.16. The summed E-state index contributed by atoms with van der Waals surface area (Å²) in [7, 11) is 0. The van der Waals surface area contributed by atoms with E-state index in [9.17, 15) is 0 Å². The molecule has 82 valence electrons. The second kappa shape index (κ2) is 6.28. The van der Waals surface area contributed by atoms with Crippen LogP contribution in [0, 0.1) is 0 Å². The largest absolute Gasteiger partial charge is 0.382 e. The summed E-state index contributed by atoms with van der Waals surface area (Å²) in [5.74, 6) is 0. The first-order chi connectivity index (χ1) is 7.30. The van der Waals surface area contributed by atoms with Crippen molar-refractivity contribution >= 4 is 5.69 Å². The van der Waals surface area contributed by atoms with Crippen LogP contribution in [0.15, 0.2) is 36.9 Å². The van der Waals surface area contributed by atoms with Crippen LogP contribution >= 0.6 is 0 Å². The van der Waals surface area contributed by atoms with Crippen LogP contribution in [-0.2, 0) is 6.42 Å². The fourth-order valence-electron chi connectivity index (χ4n) is 1.63.